The fraction of sp³-hybridized carbons (Fsp3) is 0.0588. The zero-order valence-electron chi connectivity index (χ0n) is 12.3. The molecule has 0 aliphatic rings. The summed E-state index contributed by atoms with van der Waals surface area (Å²) in [6, 6.07) is 16.3. The van der Waals surface area contributed by atoms with E-state index in [-0.39, 0.29) is 5.69 Å². The van der Waals surface area contributed by atoms with Crippen LogP contribution >= 0.6 is 0 Å². The summed E-state index contributed by atoms with van der Waals surface area (Å²) in [5.74, 6) is -0.424. The van der Waals surface area contributed by atoms with E-state index in [1.54, 1.807) is 24.3 Å². The maximum Gasteiger partial charge on any atom is 0.337 e. The summed E-state index contributed by atoms with van der Waals surface area (Å²) in [4.78, 5) is 11.6. The van der Waals surface area contributed by atoms with Crippen LogP contribution in [0.5, 0.6) is 0 Å². The average molecular weight is 304 g/mol. The van der Waals surface area contributed by atoms with Crippen molar-refractivity contribution in [1.82, 2.24) is 10.2 Å². The average Bonchev–Trinajstić information content (AvgIpc) is 2.61. The fourth-order valence-corrected chi connectivity index (χ4v) is 2.24. The number of nitriles is 1. The van der Waals surface area contributed by atoms with Crippen LogP contribution in [0.4, 0.5) is 11.4 Å². The van der Waals surface area contributed by atoms with Crippen molar-refractivity contribution in [2.24, 2.45) is 0 Å². The minimum atomic E-state index is -0.424. The molecule has 0 fully saturated rings. The Morgan fingerprint density at radius 1 is 1.17 bits per heavy atom. The number of esters is 1. The van der Waals surface area contributed by atoms with E-state index in [0.29, 0.717) is 22.5 Å². The van der Waals surface area contributed by atoms with Gasteiger partial charge in [0.05, 0.1) is 23.9 Å². The highest BCUT2D eigenvalue weighted by Crippen LogP contribution is 2.27. The van der Waals surface area contributed by atoms with Crippen molar-refractivity contribution in [3.8, 4) is 6.07 Å². The minimum Gasteiger partial charge on any atom is -0.465 e. The Balaban J connectivity index is 2.08. The third kappa shape index (κ3) is 2.80. The van der Waals surface area contributed by atoms with E-state index < -0.39 is 5.97 Å². The standard InChI is InChI=1S/C17H12N4O2/c1-23-17(22)11-5-4-6-12(9-11)19-16-13-7-2-3-8-14(13)20-21-15(16)10-18/h2-9H,1H3,(H,19,20). The molecule has 112 valence electrons. The first-order valence-electron chi connectivity index (χ1n) is 6.84. The Bertz CT molecular complexity index is 931. The molecule has 3 rings (SSSR count). The zero-order valence-corrected chi connectivity index (χ0v) is 12.3. The zero-order chi connectivity index (χ0) is 16.2. The smallest absolute Gasteiger partial charge is 0.337 e. The quantitative estimate of drug-likeness (QED) is 0.748. The highest BCUT2D eigenvalue weighted by atomic mass is 16.5. The number of aromatic nitrogens is 2. The molecule has 1 heterocycles. The van der Waals surface area contributed by atoms with Crippen LogP contribution in [0.1, 0.15) is 16.1 Å². The third-order valence-electron chi connectivity index (χ3n) is 3.33. The second-order valence-electron chi connectivity index (χ2n) is 4.75. The van der Waals surface area contributed by atoms with Crippen LogP contribution in [0.15, 0.2) is 48.5 Å². The maximum absolute atomic E-state index is 11.6. The summed E-state index contributed by atoms with van der Waals surface area (Å²) < 4.78 is 4.72. The molecule has 23 heavy (non-hydrogen) atoms. The number of nitrogens with zero attached hydrogens (tertiary/aromatic N) is 3. The van der Waals surface area contributed by atoms with Gasteiger partial charge in [-0.3, -0.25) is 0 Å². The summed E-state index contributed by atoms with van der Waals surface area (Å²) in [5.41, 5.74) is 2.50. The molecule has 0 unspecified atom stereocenters. The van der Waals surface area contributed by atoms with E-state index in [1.165, 1.54) is 7.11 Å². The summed E-state index contributed by atoms with van der Waals surface area (Å²) in [5, 5.41) is 21.2. The van der Waals surface area contributed by atoms with E-state index in [9.17, 15) is 10.1 Å². The minimum absolute atomic E-state index is 0.187. The number of hydrogen-bond acceptors (Lipinski definition) is 6. The van der Waals surface area contributed by atoms with E-state index in [4.69, 9.17) is 4.74 Å². The molecular weight excluding hydrogens is 292 g/mol. The van der Waals surface area contributed by atoms with Gasteiger partial charge in [-0.1, -0.05) is 24.3 Å². The molecule has 0 saturated carbocycles. The molecule has 0 aliphatic heterocycles. The summed E-state index contributed by atoms with van der Waals surface area (Å²) >= 11 is 0. The molecular formula is C17H12N4O2. The number of anilines is 2. The fourth-order valence-electron chi connectivity index (χ4n) is 2.24. The summed E-state index contributed by atoms with van der Waals surface area (Å²) in [6.45, 7) is 0. The van der Waals surface area contributed by atoms with Crippen molar-refractivity contribution >= 4 is 28.2 Å². The van der Waals surface area contributed by atoms with Crippen molar-refractivity contribution in [1.29, 1.82) is 5.26 Å². The molecule has 0 atom stereocenters. The lowest BCUT2D eigenvalue weighted by atomic mass is 10.1. The van der Waals surface area contributed by atoms with Crippen molar-refractivity contribution < 1.29 is 9.53 Å². The lowest BCUT2D eigenvalue weighted by Gasteiger charge is -2.11. The number of benzene rings is 2. The number of rotatable bonds is 3. The first-order valence-corrected chi connectivity index (χ1v) is 6.84. The molecule has 0 aliphatic carbocycles. The predicted octanol–water partition coefficient (Wildman–Crippen LogP) is 3.03. The number of fused-ring (bicyclic) bond motifs is 1. The molecule has 1 N–H and O–H groups in total. The lowest BCUT2D eigenvalue weighted by Crippen LogP contribution is -2.03. The molecule has 0 saturated heterocycles. The van der Waals surface area contributed by atoms with Gasteiger partial charge >= 0.3 is 5.97 Å². The molecule has 0 bridgehead atoms. The van der Waals surface area contributed by atoms with Gasteiger partial charge in [0.1, 0.15) is 6.07 Å². The number of ether oxygens (including phenoxy) is 1. The van der Waals surface area contributed by atoms with Crippen molar-refractivity contribution in [3.63, 3.8) is 0 Å². The Labute approximate surface area is 132 Å². The molecule has 1 aromatic heterocycles. The van der Waals surface area contributed by atoms with Gasteiger partial charge in [-0.15, -0.1) is 10.2 Å². The van der Waals surface area contributed by atoms with Gasteiger partial charge < -0.3 is 10.1 Å². The molecule has 0 amide bonds. The molecule has 6 nitrogen and oxygen atoms in total. The first-order chi connectivity index (χ1) is 11.2. The van der Waals surface area contributed by atoms with Gasteiger partial charge in [-0.25, -0.2) is 4.79 Å². The molecule has 2 aromatic carbocycles. The maximum atomic E-state index is 11.6. The Kier molecular flexibility index (Phi) is 3.85. The van der Waals surface area contributed by atoms with Crippen LogP contribution in [-0.2, 0) is 4.74 Å². The van der Waals surface area contributed by atoms with Crippen LogP contribution in [0.3, 0.4) is 0 Å². The normalized spacial score (nSPS) is 10.1. The molecule has 6 heteroatoms. The Morgan fingerprint density at radius 2 is 2.00 bits per heavy atom. The number of hydrogen-bond donors (Lipinski definition) is 1. The third-order valence-corrected chi connectivity index (χ3v) is 3.33. The van der Waals surface area contributed by atoms with Gasteiger partial charge in [0.15, 0.2) is 5.69 Å². The van der Waals surface area contributed by atoms with Crippen molar-refractivity contribution in [3.05, 3.63) is 59.8 Å². The second kappa shape index (κ2) is 6.12. The lowest BCUT2D eigenvalue weighted by molar-refractivity contribution is 0.0601. The van der Waals surface area contributed by atoms with Crippen LogP contribution in [-0.4, -0.2) is 23.3 Å². The van der Waals surface area contributed by atoms with E-state index in [1.807, 2.05) is 30.3 Å². The van der Waals surface area contributed by atoms with Crippen LogP contribution in [0.25, 0.3) is 10.9 Å². The second-order valence-corrected chi connectivity index (χ2v) is 4.75. The predicted molar refractivity (Wildman–Crippen MR) is 85.3 cm³/mol. The molecule has 0 radical (unpaired) electrons. The highest BCUT2D eigenvalue weighted by Gasteiger charge is 2.12. The highest BCUT2D eigenvalue weighted by molar-refractivity contribution is 5.95. The largest absolute Gasteiger partial charge is 0.465 e. The summed E-state index contributed by atoms with van der Waals surface area (Å²) in [7, 11) is 1.33. The van der Waals surface area contributed by atoms with Gasteiger partial charge in [-0.2, -0.15) is 5.26 Å². The van der Waals surface area contributed by atoms with Gasteiger partial charge in [0, 0.05) is 11.1 Å². The van der Waals surface area contributed by atoms with E-state index in [0.717, 1.165) is 5.39 Å². The van der Waals surface area contributed by atoms with Crippen LogP contribution in [0.2, 0.25) is 0 Å². The monoisotopic (exact) mass is 304 g/mol. The summed E-state index contributed by atoms with van der Waals surface area (Å²) in [6.07, 6.45) is 0. The van der Waals surface area contributed by atoms with Crippen LogP contribution < -0.4 is 5.32 Å². The molecule has 0 spiro atoms. The van der Waals surface area contributed by atoms with Gasteiger partial charge in [0.2, 0.25) is 0 Å². The van der Waals surface area contributed by atoms with Gasteiger partial charge in [-0.05, 0) is 24.3 Å². The van der Waals surface area contributed by atoms with Crippen molar-refractivity contribution in [2.45, 2.75) is 0 Å². The molecule has 3 aromatic rings. The Morgan fingerprint density at radius 3 is 2.78 bits per heavy atom. The first kappa shape index (κ1) is 14.5. The Hall–Kier alpha value is -3.46. The van der Waals surface area contributed by atoms with E-state index >= 15 is 0 Å². The SMILES string of the molecule is COC(=O)c1cccc(Nc2c(C#N)nnc3ccccc23)c1. The van der Waals surface area contributed by atoms with E-state index in [2.05, 4.69) is 15.5 Å². The van der Waals surface area contributed by atoms with Gasteiger partial charge in [0.25, 0.3) is 0 Å². The number of methoxy groups -OCH3 is 1. The van der Waals surface area contributed by atoms with Crippen LogP contribution in [0, 0.1) is 11.3 Å². The van der Waals surface area contributed by atoms with Crippen molar-refractivity contribution in [2.75, 3.05) is 12.4 Å². The topological polar surface area (TPSA) is 87.9 Å². The number of carbonyl (C=O) groups is 1. The number of carbonyl (C=O) groups excluding carboxylic acids is 1. The number of nitrogens with one attached hydrogen (secondary N) is 1.